The van der Waals surface area contributed by atoms with Crippen LogP contribution in [0.3, 0.4) is 0 Å². The average Bonchev–Trinajstić information content (AvgIpc) is 3.03. The van der Waals surface area contributed by atoms with E-state index in [-0.39, 0.29) is 5.88 Å². The van der Waals surface area contributed by atoms with Crippen LogP contribution in [0.1, 0.15) is 11.1 Å². The lowest BCUT2D eigenvalue weighted by Gasteiger charge is -2.09. The van der Waals surface area contributed by atoms with Gasteiger partial charge in [0.1, 0.15) is 0 Å². The van der Waals surface area contributed by atoms with Gasteiger partial charge in [0, 0.05) is 47.8 Å². The Balaban J connectivity index is 1.57. The zero-order valence-electron chi connectivity index (χ0n) is 14.8. The molecule has 4 nitrogen and oxygen atoms in total. The first-order valence-electron chi connectivity index (χ1n) is 8.89. The Hall–Kier alpha value is -2.98. The van der Waals surface area contributed by atoms with E-state index in [1.165, 1.54) is 0 Å². The van der Waals surface area contributed by atoms with Gasteiger partial charge in [-0.1, -0.05) is 41.9 Å². The Morgan fingerprint density at radius 2 is 1.81 bits per heavy atom. The van der Waals surface area contributed by atoms with Crippen LogP contribution >= 0.6 is 11.6 Å². The number of rotatable bonds is 6. The molecule has 0 fully saturated rings. The minimum absolute atomic E-state index is 0.273. The maximum Gasteiger partial charge on any atom is 0.201 e. The third-order valence-corrected chi connectivity index (χ3v) is 5.07. The van der Waals surface area contributed by atoms with Crippen molar-refractivity contribution in [2.24, 2.45) is 0 Å². The predicted molar refractivity (Wildman–Crippen MR) is 110 cm³/mol. The lowest BCUT2D eigenvalue weighted by molar-refractivity contribution is 0.422. The molecule has 0 unspecified atom stereocenters. The van der Waals surface area contributed by atoms with E-state index in [4.69, 9.17) is 11.6 Å². The first kappa shape index (κ1) is 17.4. The molecule has 2 aromatic heterocycles. The summed E-state index contributed by atoms with van der Waals surface area (Å²) in [4.78, 5) is 4.04. The van der Waals surface area contributed by atoms with Crippen molar-refractivity contribution in [2.75, 3.05) is 5.32 Å². The Labute approximate surface area is 163 Å². The Bertz CT molecular complexity index is 1060. The number of hydrogen-bond acceptors (Lipinski definition) is 3. The zero-order valence-corrected chi connectivity index (χ0v) is 15.5. The van der Waals surface area contributed by atoms with E-state index in [9.17, 15) is 5.11 Å². The lowest BCUT2D eigenvalue weighted by Crippen LogP contribution is -2.01. The molecule has 0 aliphatic heterocycles. The summed E-state index contributed by atoms with van der Waals surface area (Å²) < 4.78 is 1.88. The molecule has 5 heteroatoms. The van der Waals surface area contributed by atoms with Gasteiger partial charge in [0.15, 0.2) is 0 Å². The number of benzene rings is 2. The standard InChI is InChI=1S/C22H20ClN3O/c23-19-6-2-1-4-17(19)10-13-26-15-18-5-3-7-20(21(18)22(26)27)25-14-16-8-11-24-12-9-16/h1-9,11-12,15,25,27H,10,13-14H2. The topological polar surface area (TPSA) is 50.1 Å². The normalized spacial score (nSPS) is 11.0. The molecule has 2 heterocycles. The summed E-state index contributed by atoms with van der Waals surface area (Å²) in [5.41, 5.74) is 3.13. The summed E-state index contributed by atoms with van der Waals surface area (Å²) in [5, 5.41) is 16.8. The monoisotopic (exact) mass is 377 g/mol. The SMILES string of the molecule is Oc1c2c(NCc3ccncc3)cccc2cn1CCc1ccccc1Cl. The number of aromatic nitrogens is 2. The summed E-state index contributed by atoms with van der Waals surface area (Å²) in [6.45, 7) is 1.33. The number of pyridine rings is 1. The lowest BCUT2D eigenvalue weighted by atomic mass is 10.1. The van der Waals surface area contributed by atoms with Gasteiger partial charge in [-0.2, -0.15) is 0 Å². The van der Waals surface area contributed by atoms with Crippen LogP contribution in [-0.2, 0) is 19.5 Å². The first-order valence-corrected chi connectivity index (χ1v) is 9.27. The van der Waals surface area contributed by atoms with Crippen molar-refractivity contribution < 1.29 is 5.11 Å². The maximum absolute atomic E-state index is 10.8. The second-order valence-corrected chi connectivity index (χ2v) is 6.87. The molecule has 136 valence electrons. The van der Waals surface area contributed by atoms with Gasteiger partial charge in [-0.15, -0.1) is 0 Å². The number of nitrogens with one attached hydrogen (secondary N) is 1. The summed E-state index contributed by atoms with van der Waals surface area (Å²) in [7, 11) is 0. The van der Waals surface area contributed by atoms with Crippen LogP contribution in [0, 0.1) is 0 Å². The molecule has 0 amide bonds. The highest BCUT2D eigenvalue weighted by atomic mass is 35.5. The molecule has 2 aromatic carbocycles. The van der Waals surface area contributed by atoms with Crippen LogP contribution < -0.4 is 5.32 Å². The van der Waals surface area contributed by atoms with E-state index in [1.807, 2.05) is 65.4 Å². The van der Waals surface area contributed by atoms with Crippen LogP contribution in [0.4, 0.5) is 5.69 Å². The minimum Gasteiger partial charge on any atom is -0.494 e. The van der Waals surface area contributed by atoms with Crippen LogP contribution in [0.2, 0.25) is 5.02 Å². The third kappa shape index (κ3) is 3.76. The fraction of sp³-hybridized carbons (Fsp3) is 0.136. The number of hydrogen-bond donors (Lipinski definition) is 2. The first-order chi connectivity index (χ1) is 13.2. The van der Waals surface area contributed by atoms with Crippen LogP contribution in [0.5, 0.6) is 5.88 Å². The average molecular weight is 378 g/mol. The molecule has 27 heavy (non-hydrogen) atoms. The molecule has 0 saturated carbocycles. The van der Waals surface area contributed by atoms with Crippen molar-refractivity contribution in [1.29, 1.82) is 0 Å². The van der Waals surface area contributed by atoms with Gasteiger partial charge in [0.2, 0.25) is 5.88 Å². The van der Waals surface area contributed by atoms with Crippen molar-refractivity contribution in [1.82, 2.24) is 9.55 Å². The second kappa shape index (κ2) is 7.72. The maximum atomic E-state index is 10.8. The van der Waals surface area contributed by atoms with Gasteiger partial charge in [0.05, 0.1) is 5.39 Å². The van der Waals surface area contributed by atoms with Crippen LogP contribution in [-0.4, -0.2) is 14.7 Å². The molecular formula is C22H20ClN3O. The van der Waals surface area contributed by atoms with Gasteiger partial charge in [-0.3, -0.25) is 4.98 Å². The Morgan fingerprint density at radius 1 is 1.00 bits per heavy atom. The van der Waals surface area contributed by atoms with Crippen LogP contribution in [0.25, 0.3) is 10.8 Å². The van der Waals surface area contributed by atoms with E-state index in [2.05, 4.69) is 10.3 Å². The second-order valence-electron chi connectivity index (χ2n) is 6.47. The number of nitrogens with zero attached hydrogens (tertiary/aromatic N) is 2. The smallest absolute Gasteiger partial charge is 0.201 e. The molecule has 0 atom stereocenters. The summed E-state index contributed by atoms with van der Waals surface area (Å²) in [6, 6.07) is 17.8. The predicted octanol–water partition coefficient (Wildman–Crippen LogP) is 5.25. The third-order valence-electron chi connectivity index (χ3n) is 4.70. The minimum atomic E-state index is 0.273. The summed E-state index contributed by atoms with van der Waals surface area (Å²) in [6.07, 6.45) is 6.30. The molecule has 0 spiro atoms. The molecule has 0 bridgehead atoms. The molecule has 4 aromatic rings. The highest BCUT2D eigenvalue weighted by Gasteiger charge is 2.12. The molecule has 4 rings (SSSR count). The van der Waals surface area contributed by atoms with E-state index >= 15 is 0 Å². The molecule has 0 aliphatic rings. The number of aromatic hydroxyl groups is 1. The van der Waals surface area contributed by atoms with Crippen LogP contribution in [0.15, 0.2) is 73.2 Å². The van der Waals surface area contributed by atoms with Crippen molar-refractivity contribution in [3.8, 4) is 5.88 Å². The highest BCUT2D eigenvalue weighted by molar-refractivity contribution is 6.31. The zero-order chi connectivity index (χ0) is 18.6. The van der Waals surface area contributed by atoms with Crippen molar-refractivity contribution >= 4 is 28.1 Å². The molecule has 0 radical (unpaired) electrons. The molecule has 0 aliphatic carbocycles. The van der Waals surface area contributed by atoms with E-state index < -0.39 is 0 Å². The van der Waals surface area contributed by atoms with Crippen molar-refractivity contribution in [3.63, 3.8) is 0 Å². The van der Waals surface area contributed by atoms with E-state index in [1.54, 1.807) is 12.4 Å². The number of fused-ring (bicyclic) bond motifs is 1. The molecule has 2 N–H and O–H groups in total. The van der Waals surface area contributed by atoms with E-state index in [0.717, 1.165) is 39.0 Å². The van der Waals surface area contributed by atoms with Crippen molar-refractivity contribution in [3.05, 3.63) is 89.3 Å². The molecular weight excluding hydrogens is 358 g/mol. The van der Waals surface area contributed by atoms with Gasteiger partial charge in [-0.25, -0.2) is 0 Å². The fourth-order valence-corrected chi connectivity index (χ4v) is 3.49. The van der Waals surface area contributed by atoms with Gasteiger partial charge < -0.3 is 15.0 Å². The van der Waals surface area contributed by atoms with Gasteiger partial charge in [0.25, 0.3) is 0 Å². The fourth-order valence-electron chi connectivity index (χ4n) is 3.26. The van der Waals surface area contributed by atoms with E-state index in [0.29, 0.717) is 13.1 Å². The summed E-state index contributed by atoms with van der Waals surface area (Å²) in [5.74, 6) is 0.273. The highest BCUT2D eigenvalue weighted by Crippen LogP contribution is 2.34. The van der Waals surface area contributed by atoms with Gasteiger partial charge in [-0.05, 0) is 41.8 Å². The number of aryl methyl sites for hydroxylation is 2. The summed E-state index contributed by atoms with van der Waals surface area (Å²) >= 11 is 6.25. The molecule has 0 saturated heterocycles. The number of anilines is 1. The number of halogens is 1. The van der Waals surface area contributed by atoms with Gasteiger partial charge >= 0.3 is 0 Å². The largest absolute Gasteiger partial charge is 0.494 e. The Kier molecular flexibility index (Phi) is 4.99. The quantitative estimate of drug-likeness (QED) is 0.482. The van der Waals surface area contributed by atoms with Crippen molar-refractivity contribution in [2.45, 2.75) is 19.5 Å². The Morgan fingerprint density at radius 3 is 2.63 bits per heavy atom.